The summed E-state index contributed by atoms with van der Waals surface area (Å²) in [6.07, 6.45) is 0.984. The van der Waals surface area contributed by atoms with Crippen LogP contribution in [0.2, 0.25) is 0 Å². The molecule has 1 aromatic rings. The highest BCUT2D eigenvalue weighted by molar-refractivity contribution is 7.09. The number of nitrogens with two attached hydrogens (primary N) is 1. The monoisotopic (exact) mass is 260 g/mol. The Hall–Kier alpha value is -0.760. The second kappa shape index (κ2) is 8.35. The Morgan fingerprint density at radius 1 is 1.24 bits per heavy atom. The number of anilines is 1. The molecule has 6 nitrogen and oxygen atoms in total. The van der Waals surface area contributed by atoms with Crippen LogP contribution >= 0.6 is 11.5 Å². The van der Waals surface area contributed by atoms with E-state index in [9.17, 15) is 0 Å². The fourth-order valence-electron chi connectivity index (χ4n) is 1.46. The van der Waals surface area contributed by atoms with Crippen molar-refractivity contribution in [3.8, 4) is 0 Å². The number of hydrogen-bond acceptors (Lipinski definition) is 7. The molecule has 1 heterocycles. The molecule has 0 amide bonds. The Morgan fingerprint density at radius 3 is 2.59 bits per heavy atom. The van der Waals surface area contributed by atoms with E-state index < -0.39 is 0 Å². The van der Waals surface area contributed by atoms with E-state index >= 15 is 0 Å². The average molecular weight is 260 g/mol. The Morgan fingerprint density at radius 2 is 2.00 bits per heavy atom. The number of aromatic nitrogens is 2. The third-order valence-electron chi connectivity index (χ3n) is 2.39. The highest BCUT2D eigenvalue weighted by Crippen LogP contribution is 2.14. The van der Waals surface area contributed by atoms with Gasteiger partial charge in [0.1, 0.15) is 10.7 Å². The number of methoxy groups -OCH3 is 2. The van der Waals surface area contributed by atoms with E-state index in [1.165, 1.54) is 11.5 Å². The summed E-state index contributed by atoms with van der Waals surface area (Å²) in [7, 11) is 3.41. The number of rotatable bonds is 9. The van der Waals surface area contributed by atoms with E-state index in [0.29, 0.717) is 11.6 Å². The number of nitrogen functional groups attached to an aromatic ring is 1. The fraction of sp³-hybridized carbons (Fsp3) is 0.800. The molecule has 0 fully saturated rings. The molecular formula is C10H20N4O2S. The van der Waals surface area contributed by atoms with Crippen molar-refractivity contribution < 1.29 is 9.47 Å². The summed E-state index contributed by atoms with van der Waals surface area (Å²) in [4.78, 5) is 2.25. The summed E-state index contributed by atoms with van der Waals surface area (Å²) in [6.45, 7) is 3.97. The van der Waals surface area contributed by atoms with Crippen molar-refractivity contribution in [2.45, 2.75) is 13.0 Å². The van der Waals surface area contributed by atoms with Gasteiger partial charge < -0.3 is 15.2 Å². The van der Waals surface area contributed by atoms with Gasteiger partial charge in [0.25, 0.3) is 0 Å². The zero-order chi connectivity index (χ0) is 12.5. The minimum Gasteiger partial charge on any atom is -0.388 e. The van der Waals surface area contributed by atoms with Gasteiger partial charge in [-0.3, -0.25) is 4.90 Å². The molecule has 0 aliphatic rings. The summed E-state index contributed by atoms with van der Waals surface area (Å²) >= 11 is 1.23. The lowest BCUT2D eigenvalue weighted by Gasteiger charge is -2.20. The molecule has 0 atom stereocenters. The number of hydrogen-bond donors (Lipinski definition) is 1. The zero-order valence-corrected chi connectivity index (χ0v) is 11.2. The van der Waals surface area contributed by atoms with Crippen LogP contribution in [-0.2, 0) is 16.0 Å². The molecule has 0 saturated heterocycles. The summed E-state index contributed by atoms with van der Waals surface area (Å²) in [5.74, 6) is 0. The third kappa shape index (κ3) is 5.40. The zero-order valence-electron chi connectivity index (χ0n) is 10.4. The molecule has 0 bridgehead atoms. The molecule has 7 heteroatoms. The summed E-state index contributed by atoms with van der Waals surface area (Å²) in [5, 5.41) is 4.72. The van der Waals surface area contributed by atoms with Gasteiger partial charge in [0.05, 0.1) is 6.61 Å². The van der Waals surface area contributed by atoms with Gasteiger partial charge in [-0.1, -0.05) is 4.49 Å². The molecule has 0 saturated carbocycles. The van der Waals surface area contributed by atoms with Gasteiger partial charge in [0, 0.05) is 52.0 Å². The SMILES string of the molecule is COCCCN(CCOC)Cc1nnsc1N. The molecule has 0 spiro atoms. The molecule has 0 unspecified atom stereocenters. The Bertz CT molecular complexity index is 308. The van der Waals surface area contributed by atoms with Crippen molar-refractivity contribution >= 4 is 16.5 Å². The van der Waals surface area contributed by atoms with Crippen LogP contribution in [0.5, 0.6) is 0 Å². The van der Waals surface area contributed by atoms with Crippen LogP contribution in [0.3, 0.4) is 0 Å². The Labute approximate surface area is 106 Å². The standard InChI is InChI=1S/C10H20N4O2S/c1-15-6-3-4-14(5-7-16-2)8-9-10(11)17-13-12-9/h3-8,11H2,1-2H3. The smallest absolute Gasteiger partial charge is 0.132 e. The van der Waals surface area contributed by atoms with Gasteiger partial charge in [0.2, 0.25) is 0 Å². The molecule has 0 aromatic carbocycles. The van der Waals surface area contributed by atoms with E-state index in [1.54, 1.807) is 14.2 Å². The lowest BCUT2D eigenvalue weighted by molar-refractivity contribution is 0.128. The molecule has 1 aromatic heterocycles. The molecule has 0 aliphatic carbocycles. The number of nitrogens with zero attached hydrogens (tertiary/aromatic N) is 3. The molecule has 98 valence electrons. The predicted molar refractivity (Wildman–Crippen MR) is 68.0 cm³/mol. The van der Waals surface area contributed by atoms with Gasteiger partial charge in [-0.2, -0.15) is 0 Å². The fourth-order valence-corrected chi connectivity index (χ4v) is 1.90. The van der Waals surface area contributed by atoms with Crippen molar-refractivity contribution in [3.63, 3.8) is 0 Å². The summed E-state index contributed by atoms with van der Waals surface area (Å²) in [6, 6.07) is 0. The molecule has 0 radical (unpaired) electrons. The largest absolute Gasteiger partial charge is 0.388 e. The molecule has 2 N–H and O–H groups in total. The summed E-state index contributed by atoms with van der Waals surface area (Å²) < 4.78 is 14.0. The van der Waals surface area contributed by atoms with E-state index in [4.69, 9.17) is 15.2 Å². The first-order valence-electron chi connectivity index (χ1n) is 5.55. The second-order valence-corrected chi connectivity index (χ2v) is 4.48. The molecule has 1 rings (SSSR count). The third-order valence-corrected chi connectivity index (χ3v) is 2.99. The lowest BCUT2D eigenvalue weighted by atomic mass is 10.3. The van der Waals surface area contributed by atoms with Gasteiger partial charge >= 0.3 is 0 Å². The van der Waals surface area contributed by atoms with Crippen molar-refractivity contribution in [2.75, 3.05) is 46.3 Å². The highest BCUT2D eigenvalue weighted by atomic mass is 32.1. The van der Waals surface area contributed by atoms with Crippen molar-refractivity contribution in [3.05, 3.63) is 5.69 Å². The summed E-state index contributed by atoms with van der Waals surface area (Å²) in [5.41, 5.74) is 6.63. The minimum absolute atomic E-state index is 0.694. The van der Waals surface area contributed by atoms with Crippen molar-refractivity contribution in [1.82, 2.24) is 14.5 Å². The highest BCUT2D eigenvalue weighted by Gasteiger charge is 2.10. The molecule has 17 heavy (non-hydrogen) atoms. The van der Waals surface area contributed by atoms with E-state index in [0.717, 1.165) is 38.4 Å². The second-order valence-electron chi connectivity index (χ2n) is 3.70. The molecule has 0 aliphatic heterocycles. The first kappa shape index (κ1) is 14.3. The topological polar surface area (TPSA) is 73.5 Å². The van der Waals surface area contributed by atoms with Crippen molar-refractivity contribution in [2.24, 2.45) is 0 Å². The predicted octanol–water partition coefficient (Wildman–Crippen LogP) is 0.605. The van der Waals surface area contributed by atoms with Gasteiger partial charge in [-0.15, -0.1) is 5.10 Å². The van der Waals surface area contributed by atoms with Crippen LogP contribution in [0, 0.1) is 0 Å². The van der Waals surface area contributed by atoms with Crippen LogP contribution in [0.4, 0.5) is 5.00 Å². The van der Waals surface area contributed by atoms with Crippen molar-refractivity contribution in [1.29, 1.82) is 0 Å². The van der Waals surface area contributed by atoms with E-state index in [1.807, 2.05) is 0 Å². The number of ether oxygens (including phenoxy) is 2. The van der Waals surface area contributed by atoms with Gasteiger partial charge in [-0.25, -0.2) is 0 Å². The van der Waals surface area contributed by atoms with E-state index in [-0.39, 0.29) is 0 Å². The first-order valence-corrected chi connectivity index (χ1v) is 6.32. The van der Waals surface area contributed by atoms with Crippen LogP contribution < -0.4 is 5.73 Å². The van der Waals surface area contributed by atoms with Crippen LogP contribution in [0.15, 0.2) is 0 Å². The van der Waals surface area contributed by atoms with Gasteiger partial charge in [-0.05, 0) is 6.42 Å². The van der Waals surface area contributed by atoms with Crippen LogP contribution in [0.25, 0.3) is 0 Å². The normalized spacial score (nSPS) is 11.2. The minimum atomic E-state index is 0.694. The lowest BCUT2D eigenvalue weighted by Crippen LogP contribution is -2.29. The quantitative estimate of drug-likeness (QED) is 0.656. The Balaban J connectivity index is 2.42. The van der Waals surface area contributed by atoms with Crippen LogP contribution in [0.1, 0.15) is 12.1 Å². The Kier molecular flexibility index (Phi) is 7.02. The maximum atomic E-state index is 5.78. The molecular weight excluding hydrogens is 240 g/mol. The maximum Gasteiger partial charge on any atom is 0.132 e. The average Bonchev–Trinajstić information content (AvgIpc) is 2.72. The first-order chi connectivity index (χ1) is 8.27. The van der Waals surface area contributed by atoms with E-state index in [2.05, 4.69) is 14.5 Å². The maximum absolute atomic E-state index is 5.78. The van der Waals surface area contributed by atoms with Crippen LogP contribution in [-0.4, -0.2) is 55.0 Å². The van der Waals surface area contributed by atoms with Gasteiger partial charge in [0.15, 0.2) is 0 Å².